The van der Waals surface area contributed by atoms with Crippen molar-refractivity contribution in [1.29, 1.82) is 0 Å². The number of hydrogen-bond acceptors (Lipinski definition) is 3. The van der Waals surface area contributed by atoms with Gasteiger partial charge in [0.25, 0.3) is 0 Å². The van der Waals surface area contributed by atoms with E-state index in [0.717, 1.165) is 85.6 Å². The molecule has 7 rings (SSSR count). The van der Waals surface area contributed by atoms with Gasteiger partial charge in [-0.05, 0) is 72.0 Å². The Kier molecular flexibility index (Phi) is 1.91. The second kappa shape index (κ2) is 3.52. The van der Waals surface area contributed by atoms with E-state index >= 15 is 0 Å². The first kappa shape index (κ1) is 11.4. The normalized spacial score (nSPS) is 72.0. The third kappa shape index (κ3) is 1.10. The van der Waals surface area contributed by atoms with E-state index in [4.69, 9.17) is 14.2 Å². The third-order valence-electron chi connectivity index (χ3n) is 8.98. The van der Waals surface area contributed by atoms with Crippen molar-refractivity contribution in [3.05, 3.63) is 0 Å². The Morgan fingerprint density at radius 1 is 0.476 bits per heavy atom. The van der Waals surface area contributed by atoms with Gasteiger partial charge in [-0.1, -0.05) is 0 Å². The predicted octanol–water partition coefficient (Wildman–Crippen LogP) is 1.81. The lowest BCUT2D eigenvalue weighted by Gasteiger charge is -2.38. The summed E-state index contributed by atoms with van der Waals surface area (Å²) in [5.41, 5.74) is 0. The summed E-state index contributed by atoms with van der Waals surface area (Å²) in [6.07, 6.45) is 4.13. The van der Waals surface area contributed by atoms with Gasteiger partial charge in [-0.25, -0.2) is 0 Å². The predicted molar refractivity (Wildman–Crippen MR) is 74.4 cm³/mol. The molecule has 0 spiro atoms. The minimum absolute atomic E-state index is 0.609. The molecule has 7 aliphatic rings. The minimum atomic E-state index is 0.609. The molecule has 0 aromatic rings. The average molecular weight is 288 g/mol. The van der Waals surface area contributed by atoms with Gasteiger partial charge in [-0.15, -0.1) is 0 Å². The van der Waals surface area contributed by atoms with E-state index in [2.05, 4.69) is 0 Å². The van der Waals surface area contributed by atoms with Crippen LogP contribution in [0.1, 0.15) is 12.8 Å². The molecule has 114 valence electrons. The minimum Gasteiger partial charge on any atom is -0.381 e. The van der Waals surface area contributed by atoms with Gasteiger partial charge in [0.15, 0.2) is 0 Å². The van der Waals surface area contributed by atoms with E-state index in [1.807, 2.05) is 0 Å². The van der Waals surface area contributed by atoms with Crippen LogP contribution < -0.4 is 0 Å². The quantitative estimate of drug-likeness (QED) is 0.680. The molecule has 3 nitrogen and oxygen atoms in total. The molecule has 7 fully saturated rings. The van der Waals surface area contributed by atoms with Crippen molar-refractivity contribution >= 4 is 0 Å². The van der Waals surface area contributed by atoms with Gasteiger partial charge < -0.3 is 14.2 Å². The molecular formula is C18H24O3. The lowest BCUT2D eigenvalue weighted by Crippen LogP contribution is -2.41. The van der Waals surface area contributed by atoms with Crippen LogP contribution in [0.15, 0.2) is 0 Å². The fraction of sp³-hybridized carbons (Fsp3) is 1.00. The first-order valence-corrected chi connectivity index (χ1v) is 9.23. The molecule has 0 radical (unpaired) electrons. The van der Waals surface area contributed by atoms with Gasteiger partial charge in [0.05, 0.1) is 38.6 Å². The summed E-state index contributed by atoms with van der Waals surface area (Å²) >= 11 is 0. The fourth-order valence-electron chi connectivity index (χ4n) is 8.54. The Balaban J connectivity index is 1.29. The molecule has 0 aromatic carbocycles. The zero-order valence-corrected chi connectivity index (χ0v) is 12.4. The van der Waals surface area contributed by atoms with E-state index in [0.29, 0.717) is 12.2 Å². The first-order valence-electron chi connectivity index (χ1n) is 9.23. The molecule has 3 saturated heterocycles. The summed E-state index contributed by atoms with van der Waals surface area (Å²) in [6.45, 7) is 4.16. The second-order valence-corrected chi connectivity index (χ2v) is 9.08. The SMILES string of the molecule is C1C2[C@H]3[C@@H]4C5CC([C@@H]6COC[C@H]56)[C@@H]4O[C@H]3C1[C@@H]1COC[C@H]21. The molecule has 4 unspecified atom stereocenters. The van der Waals surface area contributed by atoms with Gasteiger partial charge in [-0.2, -0.15) is 0 Å². The molecule has 4 bridgehead atoms. The maximum absolute atomic E-state index is 6.78. The zero-order valence-electron chi connectivity index (χ0n) is 12.4. The second-order valence-electron chi connectivity index (χ2n) is 9.08. The summed E-state index contributed by atoms with van der Waals surface area (Å²) < 4.78 is 18.4. The van der Waals surface area contributed by atoms with Crippen LogP contribution in [0.3, 0.4) is 0 Å². The van der Waals surface area contributed by atoms with Gasteiger partial charge in [0.1, 0.15) is 0 Å². The molecule has 0 amide bonds. The standard InChI is InChI=1S/C18H24O3/c1-7-11-3-19-5-13(11)9(1)17-15(7)16-8-2-10(18(16)21-17)14-6-20-4-12(8)14/h7-18H,1-6H2/t7?,8?,9?,10?,11-,12-,13+,14+,15+,16+,17+,18+/m1/s1. The molecule has 21 heavy (non-hydrogen) atoms. The number of ether oxygens (including phenoxy) is 3. The first-order chi connectivity index (χ1) is 10.4. The highest BCUT2D eigenvalue weighted by Crippen LogP contribution is 2.71. The van der Waals surface area contributed by atoms with Crippen molar-refractivity contribution in [1.82, 2.24) is 0 Å². The zero-order chi connectivity index (χ0) is 13.3. The van der Waals surface area contributed by atoms with Crippen LogP contribution in [-0.4, -0.2) is 38.6 Å². The van der Waals surface area contributed by atoms with E-state index in [1.54, 1.807) is 0 Å². The van der Waals surface area contributed by atoms with E-state index in [-0.39, 0.29) is 0 Å². The molecular weight excluding hydrogens is 264 g/mol. The topological polar surface area (TPSA) is 27.7 Å². The van der Waals surface area contributed by atoms with Gasteiger partial charge in [0.2, 0.25) is 0 Å². The Bertz CT molecular complexity index is 463. The van der Waals surface area contributed by atoms with Crippen molar-refractivity contribution in [2.24, 2.45) is 59.2 Å². The van der Waals surface area contributed by atoms with Crippen LogP contribution in [-0.2, 0) is 14.2 Å². The Morgan fingerprint density at radius 2 is 0.905 bits per heavy atom. The van der Waals surface area contributed by atoms with Crippen molar-refractivity contribution in [3.63, 3.8) is 0 Å². The molecule has 0 N–H and O–H groups in total. The molecule has 3 heterocycles. The average Bonchev–Trinajstić information content (AvgIpc) is 3.24. The van der Waals surface area contributed by atoms with E-state index < -0.39 is 0 Å². The third-order valence-corrected chi connectivity index (χ3v) is 8.98. The van der Waals surface area contributed by atoms with Crippen LogP contribution in [0, 0.1) is 59.2 Å². The van der Waals surface area contributed by atoms with Crippen LogP contribution in [0.4, 0.5) is 0 Å². The van der Waals surface area contributed by atoms with Crippen molar-refractivity contribution in [2.75, 3.05) is 26.4 Å². The number of fused-ring (bicyclic) bond motifs is 17. The fourth-order valence-corrected chi connectivity index (χ4v) is 8.54. The van der Waals surface area contributed by atoms with Gasteiger partial charge in [0, 0.05) is 0 Å². The molecule has 0 aromatic heterocycles. The van der Waals surface area contributed by atoms with Crippen LogP contribution in [0.5, 0.6) is 0 Å². The highest BCUT2D eigenvalue weighted by atomic mass is 16.5. The van der Waals surface area contributed by atoms with Crippen molar-refractivity contribution in [2.45, 2.75) is 25.0 Å². The Hall–Kier alpha value is -0.120. The molecule has 12 atom stereocenters. The lowest BCUT2D eigenvalue weighted by atomic mass is 9.64. The summed E-state index contributed by atoms with van der Waals surface area (Å²) in [6, 6.07) is 0. The molecule has 4 aliphatic carbocycles. The van der Waals surface area contributed by atoms with Crippen LogP contribution in [0.25, 0.3) is 0 Å². The summed E-state index contributed by atoms with van der Waals surface area (Å²) in [4.78, 5) is 0. The molecule has 4 saturated carbocycles. The molecule has 3 aliphatic heterocycles. The number of rotatable bonds is 0. The Labute approximate surface area is 125 Å². The largest absolute Gasteiger partial charge is 0.381 e. The van der Waals surface area contributed by atoms with Crippen LogP contribution in [0.2, 0.25) is 0 Å². The monoisotopic (exact) mass is 288 g/mol. The van der Waals surface area contributed by atoms with Gasteiger partial charge in [-0.3, -0.25) is 0 Å². The maximum Gasteiger partial charge on any atom is 0.0645 e. The van der Waals surface area contributed by atoms with E-state index in [9.17, 15) is 0 Å². The van der Waals surface area contributed by atoms with Crippen molar-refractivity contribution in [3.8, 4) is 0 Å². The summed E-state index contributed by atoms with van der Waals surface area (Å²) in [5, 5.41) is 0. The summed E-state index contributed by atoms with van der Waals surface area (Å²) in [5.74, 6) is 8.78. The Morgan fingerprint density at radius 3 is 1.38 bits per heavy atom. The van der Waals surface area contributed by atoms with Crippen molar-refractivity contribution < 1.29 is 14.2 Å². The highest BCUT2D eigenvalue weighted by molar-refractivity contribution is 5.19. The maximum atomic E-state index is 6.78. The molecule has 3 heteroatoms. The van der Waals surface area contributed by atoms with E-state index in [1.165, 1.54) is 12.8 Å². The highest BCUT2D eigenvalue weighted by Gasteiger charge is 2.72. The van der Waals surface area contributed by atoms with Crippen LogP contribution >= 0.6 is 0 Å². The van der Waals surface area contributed by atoms with Gasteiger partial charge >= 0.3 is 0 Å². The number of hydrogen-bond donors (Lipinski definition) is 0. The summed E-state index contributed by atoms with van der Waals surface area (Å²) in [7, 11) is 0. The lowest BCUT2D eigenvalue weighted by molar-refractivity contribution is -0.0458. The smallest absolute Gasteiger partial charge is 0.0645 e.